The first-order valence-electron chi connectivity index (χ1n) is 6.64. The van der Waals surface area contributed by atoms with Gasteiger partial charge in [-0.1, -0.05) is 19.6 Å². The lowest BCUT2D eigenvalue weighted by Gasteiger charge is -2.21. The van der Waals surface area contributed by atoms with Crippen molar-refractivity contribution < 1.29 is 4.43 Å². The van der Waals surface area contributed by atoms with Gasteiger partial charge in [0.25, 0.3) is 11.6 Å². The summed E-state index contributed by atoms with van der Waals surface area (Å²) in [6.07, 6.45) is 1.73. The Bertz CT molecular complexity index is 707. The lowest BCUT2D eigenvalue weighted by Crippen LogP contribution is -2.36. The van der Waals surface area contributed by atoms with Crippen LogP contribution in [-0.2, 0) is 7.05 Å². The lowest BCUT2D eigenvalue weighted by molar-refractivity contribution is 0.474. The third-order valence-electron chi connectivity index (χ3n) is 2.86. The van der Waals surface area contributed by atoms with Crippen molar-refractivity contribution in [3.63, 3.8) is 0 Å². The highest BCUT2D eigenvalue weighted by Gasteiger charge is 2.25. The normalized spacial score (nSPS) is 12.9. The van der Waals surface area contributed by atoms with Gasteiger partial charge in [-0.15, -0.1) is 0 Å². The van der Waals surface area contributed by atoms with E-state index in [9.17, 15) is 4.79 Å². The number of rotatable bonds is 3. The van der Waals surface area contributed by atoms with Gasteiger partial charge < -0.3 is 8.66 Å². The maximum atomic E-state index is 12.6. The highest BCUT2D eigenvalue weighted by Crippen LogP contribution is 2.17. The van der Waals surface area contributed by atoms with E-state index in [1.54, 1.807) is 13.4 Å². The molecule has 20 heavy (non-hydrogen) atoms. The molecule has 0 saturated carbocycles. The van der Waals surface area contributed by atoms with Crippen LogP contribution in [0.1, 0.15) is 0 Å². The van der Waals surface area contributed by atoms with E-state index in [0.717, 1.165) is 0 Å². The quantitative estimate of drug-likeness (QED) is 0.814. The van der Waals surface area contributed by atoms with Crippen molar-refractivity contribution in [2.45, 2.75) is 39.3 Å². The molecule has 2 heterocycles. The molecule has 0 saturated heterocycles. The number of fused-ring (bicyclic) bond motifs is 1. The molecule has 2 aromatic rings. The highest BCUT2D eigenvalue weighted by molar-refractivity contribution is 6.75. The summed E-state index contributed by atoms with van der Waals surface area (Å²) in [5, 5.41) is 0. The highest BCUT2D eigenvalue weighted by atomic mass is 28.4. The Morgan fingerprint density at radius 3 is 2.25 bits per heavy atom. The average molecular weight is 311 g/mol. The van der Waals surface area contributed by atoms with Gasteiger partial charge >= 0.3 is 0 Å². The van der Waals surface area contributed by atoms with Crippen LogP contribution in [0, 0.1) is 0 Å². The second-order valence-electron chi connectivity index (χ2n) is 6.93. The summed E-state index contributed by atoms with van der Waals surface area (Å²) in [7, 11) is -1.81. The van der Waals surface area contributed by atoms with Crippen molar-refractivity contribution in [2.75, 3.05) is 0 Å². The van der Waals surface area contributed by atoms with Crippen LogP contribution in [0.25, 0.3) is 11.2 Å². The number of imidazole rings is 1. The fraction of sp³-hybridized carbons (Fsp3) is 0.583. The van der Waals surface area contributed by atoms with Crippen molar-refractivity contribution >= 4 is 27.7 Å². The molecule has 6 nitrogen and oxygen atoms in total. The number of aromatic nitrogens is 4. The fourth-order valence-corrected chi connectivity index (χ4v) is 3.91. The van der Waals surface area contributed by atoms with Crippen LogP contribution in [-0.4, -0.2) is 35.3 Å². The maximum Gasteiger partial charge on any atom is 0.287 e. The third-order valence-corrected chi connectivity index (χ3v) is 5.44. The summed E-state index contributed by atoms with van der Waals surface area (Å²) in [4.78, 5) is 21.3. The molecule has 0 aromatic carbocycles. The van der Waals surface area contributed by atoms with E-state index in [1.165, 1.54) is 4.57 Å². The topological polar surface area (TPSA) is 61.9 Å². The minimum Gasteiger partial charge on any atom is -0.519 e. The van der Waals surface area contributed by atoms with Crippen LogP contribution in [0.4, 0.5) is 0 Å². The second kappa shape index (κ2) is 4.55. The maximum absolute atomic E-state index is 12.6. The van der Waals surface area contributed by atoms with Gasteiger partial charge in [0.15, 0.2) is 13.9 Å². The zero-order chi connectivity index (χ0) is 15.3. The van der Waals surface area contributed by atoms with E-state index in [1.807, 2.05) is 4.23 Å². The van der Waals surface area contributed by atoms with Gasteiger partial charge in [-0.2, -0.15) is 4.98 Å². The molecule has 0 radical (unpaired) electrons. The van der Waals surface area contributed by atoms with E-state index in [-0.39, 0.29) is 5.56 Å². The van der Waals surface area contributed by atoms with Crippen molar-refractivity contribution in [3.8, 4) is 6.01 Å². The van der Waals surface area contributed by atoms with E-state index in [0.29, 0.717) is 17.2 Å². The Kier molecular flexibility index (Phi) is 3.41. The van der Waals surface area contributed by atoms with Crippen molar-refractivity contribution in [1.82, 2.24) is 18.8 Å². The van der Waals surface area contributed by atoms with Crippen LogP contribution < -0.4 is 9.99 Å². The summed E-state index contributed by atoms with van der Waals surface area (Å²) < 4.78 is 9.35. The Hall–Kier alpha value is -1.42. The fourth-order valence-electron chi connectivity index (χ4n) is 1.90. The van der Waals surface area contributed by atoms with E-state index >= 15 is 0 Å². The Balaban J connectivity index is 2.71. The van der Waals surface area contributed by atoms with Crippen LogP contribution in [0.2, 0.25) is 39.3 Å². The molecule has 8 heteroatoms. The minimum absolute atomic E-state index is 0.0943. The zero-order valence-electron chi connectivity index (χ0n) is 13.2. The molecule has 0 spiro atoms. The SMILES string of the molecule is Cn1c(O[Si](C)(C)C)nc2ncn([Si](C)(C)C)c2c1=O. The summed E-state index contributed by atoms with van der Waals surface area (Å²) in [6.45, 7) is 12.7. The monoisotopic (exact) mass is 310 g/mol. The van der Waals surface area contributed by atoms with Crippen LogP contribution >= 0.6 is 0 Å². The molecule has 0 N–H and O–H groups in total. The molecule has 0 fully saturated rings. The summed E-state index contributed by atoms with van der Waals surface area (Å²) in [5.74, 6) is 0. The van der Waals surface area contributed by atoms with Gasteiger partial charge in [-0.05, 0) is 19.6 Å². The van der Waals surface area contributed by atoms with Crippen LogP contribution in [0.3, 0.4) is 0 Å². The number of hydrogen-bond acceptors (Lipinski definition) is 4. The molecule has 0 atom stereocenters. The second-order valence-corrected chi connectivity index (χ2v) is 16.2. The Labute approximate surface area is 120 Å². The lowest BCUT2D eigenvalue weighted by atomic mass is 10.5. The molecule has 2 rings (SSSR count). The largest absolute Gasteiger partial charge is 0.519 e. The average Bonchev–Trinajstić information content (AvgIpc) is 2.66. The van der Waals surface area contributed by atoms with E-state index in [4.69, 9.17) is 4.43 Å². The molecular formula is C12H22N4O2Si2. The minimum atomic E-state index is -1.82. The van der Waals surface area contributed by atoms with Gasteiger partial charge in [0.05, 0.1) is 6.33 Å². The van der Waals surface area contributed by atoms with Crippen molar-refractivity contribution in [2.24, 2.45) is 7.05 Å². The first-order valence-corrected chi connectivity index (χ1v) is 13.5. The smallest absolute Gasteiger partial charge is 0.287 e. The molecule has 2 aromatic heterocycles. The predicted molar refractivity (Wildman–Crippen MR) is 85.5 cm³/mol. The third kappa shape index (κ3) is 2.71. The molecule has 0 amide bonds. The van der Waals surface area contributed by atoms with Crippen molar-refractivity contribution in [1.29, 1.82) is 0 Å². The Morgan fingerprint density at radius 2 is 1.75 bits per heavy atom. The van der Waals surface area contributed by atoms with Gasteiger partial charge in [0.2, 0.25) is 8.32 Å². The summed E-state index contributed by atoms with van der Waals surface area (Å²) >= 11 is 0. The summed E-state index contributed by atoms with van der Waals surface area (Å²) in [5.41, 5.74) is 0.960. The first-order chi connectivity index (χ1) is 9.00. The van der Waals surface area contributed by atoms with Crippen molar-refractivity contribution in [3.05, 3.63) is 16.7 Å². The number of nitrogens with zero attached hydrogens (tertiary/aromatic N) is 4. The molecule has 110 valence electrons. The molecular weight excluding hydrogens is 288 g/mol. The van der Waals surface area contributed by atoms with E-state index in [2.05, 4.69) is 49.3 Å². The van der Waals surface area contributed by atoms with Gasteiger partial charge in [-0.3, -0.25) is 9.36 Å². The van der Waals surface area contributed by atoms with Crippen LogP contribution in [0.15, 0.2) is 11.1 Å². The molecule has 0 bridgehead atoms. The molecule has 0 aliphatic heterocycles. The summed E-state index contributed by atoms with van der Waals surface area (Å²) in [6, 6.07) is 0.363. The zero-order valence-corrected chi connectivity index (χ0v) is 15.2. The molecule has 0 unspecified atom stereocenters. The first kappa shape index (κ1) is 15.0. The van der Waals surface area contributed by atoms with Gasteiger partial charge in [-0.25, -0.2) is 4.98 Å². The standard InChI is InChI=1S/C12H22N4O2Si2/c1-15-11(17)9-10(13-8-16(9)19(2,3)4)14-12(15)18-20(5,6)7/h8H,1-7H3. The van der Waals surface area contributed by atoms with E-state index < -0.39 is 16.6 Å². The van der Waals surface area contributed by atoms with Gasteiger partial charge in [0.1, 0.15) is 5.52 Å². The number of hydrogen-bond donors (Lipinski definition) is 0. The van der Waals surface area contributed by atoms with Crippen LogP contribution in [0.5, 0.6) is 6.01 Å². The predicted octanol–water partition coefficient (Wildman–Crippen LogP) is 2.03. The molecule has 0 aliphatic rings. The Morgan fingerprint density at radius 1 is 1.15 bits per heavy atom. The molecule has 0 aliphatic carbocycles. The van der Waals surface area contributed by atoms with Gasteiger partial charge in [0, 0.05) is 7.05 Å².